The van der Waals surface area contributed by atoms with Crippen molar-refractivity contribution in [1.29, 1.82) is 0 Å². The largest absolute Gasteiger partial charge is 0.438 e. The fraction of sp³-hybridized carbons (Fsp3) is 0.0417. The van der Waals surface area contributed by atoms with Crippen molar-refractivity contribution in [3.8, 4) is 17.1 Å². The minimum absolute atomic E-state index is 0.634. The maximum absolute atomic E-state index is 5.88. The van der Waals surface area contributed by atoms with Crippen molar-refractivity contribution < 1.29 is 4.42 Å². The summed E-state index contributed by atoms with van der Waals surface area (Å²) in [7, 11) is 0. The number of fused-ring (bicyclic) bond motifs is 4. The van der Waals surface area contributed by atoms with E-state index in [1.54, 1.807) is 0 Å². The number of hydrogen-bond acceptors (Lipinski definition) is 4. The van der Waals surface area contributed by atoms with Gasteiger partial charge in [0, 0.05) is 33.9 Å². The molecular weight excluding hydrogens is 360 g/mol. The Kier molecular flexibility index (Phi) is 3.32. The van der Waals surface area contributed by atoms with Crippen molar-refractivity contribution in [3.05, 3.63) is 84.8 Å². The van der Waals surface area contributed by atoms with E-state index >= 15 is 0 Å². The topological polar surface area (TPSA) is 56.7 Å². The number of para-hydroxylation sites is 2. The van der Waals surface area contributed by atoms with Gasteiger partial charge in [-0.25, -0.2) is 9.97 Å². The third-order valence-corrected chi connectivity index (χ3v) is 5.19. The smallest absolute Gasteiger partial charge is 0.227 e. The summed E-state index contributed by atoms with van der Waals surface area (Å²) >= 11 is 0. The molecule has 0 saturated carbocycles. The van der Waals surface area contributed by atoms with Crippen LogP contribution in [0.1, 0.15) is 5.69 Å². The molecule has 6 aromatic rings. The van der Waals surface area contributed by atoms with Crippen LogP contribution in [0.15, 0.2) is 83.5 Å². The fourth-order valence-electron chi connectivity index (χ4n) is 3.84. The standard InChI is InChI=1S/C24H16N4O/c1-15-11-20-21(14-25-15)28(17-7-3-2-4-8-17)23(27-20)16-12-19-18-9-5-6-10-22(18)29-24(19)26-13-16/h2-14H,1H3. The van der Waals surface area contributed by atoms with Crippen LogP contribution in [0.4, 0.5) is 0 Å². The van der Waals surface area contributed by atoms with E-state index in [1.807, 2.05) is 61.8 Å². The van der Waals surface area contributed by atoms with Crippen LogP contribution in [0, 0.1) is 6.92 Å². The van der Waals surface area contributed by atoms with Crippen LogP contribution in [-0.2, 0) is 0 Å². The van der Waals surface area contributed by atoms with Crippen LogP contribution in [0.3, 0.4) is 0 Å². The molecule has 0 aliphatic rings. The van der Waals surface area contributed by atoms with E-state index in [0.29, 0.717) is 5.71 Å². The van der Waals surface area contributed by atoms with Crippen LogP contribution in [0.5, 0.6) is 0 Å². The van der Waals surface area contributed by atoms with Gasteiger partial charge in [-0.3, -0.25) is 9.55 Å². The molecule has 0 unspecified atom stereocenters. The minimum atomic E-state index is 0.634. The Labute approximate surface area is 166 Å². The van der Waals surface area contributed by atoms with Crippen molar-refractivity contribution in [3.63, 3.8) is 0 Å². The number of rotatable bonds is 2. The lowest BCUT2D eigenvalue weighted by molar-refractivity contribution is 0.654. The molecule has 0 aliphatic heterocycles. The van der Waals surface area contributed by atoms with Gasteiger partial charge in [-0.05, 0) is 37.3 Å². The molecule has 0 fully saturated rings. The highest BCUT2D eigenvalue weighted by Gasteiger charge is 2.17. The summed E-state index contributed by atoms with van der Waals surface area (Å²) in [5, 5.41) is 2.04. The molecule has 0 bridgehead atoms. The number of aryl methyl sites for hydroxylation is 1. The first-order valence-electron chi connectivity index (χ1n) is 9.46. The Morgan fingerprint density at radius 2 is 1.66 bits per heavy atom. The molecule has 0 spiro atoms. The Morgan fingerprint density at radius 1 is 0.828 bits per heavy atom. The van der Waals surface area contributed by atoms with Crippen molar-refractivity contribution in [2.45, 2.75) is 6.92 Å². The predicted molar refractivity (Wildman–Crippen MR) is 114 cm³/mol. The molecule has 6 rings (SSSR count). The van der Waals surface area contributed by atoms with Crippen molar-refractivity contribution in [2.75, 3.05) is 0 Å². The number of furan rings is 1. The number of hydrogen-bond donors (Lipinski definition) is 0. The van der Waals surface area contributed by atoms with Crippen LogP contribution in [0.2, 0.25) is 0 Å². The molecule has 4 aromatic heterocycles. The van der Waals surface area contributed by atoms with Crippen LogP contribution < -0.4 is 0 Å². The van der Waals surface area contributed by atoms with Gasteiger partial charge >= 0.3 is 0 Å². The van der Waals surface area contributed by atoms with Gasteiger partial charge in [-0.1, -0.05) is 36.4 Å². The van der Waals surface area contributed by atoms with Crippen LogP contribution in [-0.4, -0.2) is 19.5 Å². The molecule has 29 heavy (non-hydrogen) atoms. The molecule has 5 nitrogen and oxygen atoms in total. The Bertz CT molecular complexity index is 1510. The minimum Gasteiger partial charge on any atom is -0.438 e. The highest BCUT2D eigenvalue weighted by atomic mass is 16.3. The normalized spacial score (nSPS) is 11.6. The molecule has 138 valence electrons. The second kappa shape index (κ2) is 6.01. The van der Waals surface area contributed by atoms with Gasteiger partial charge in [-0.2, -0.15) is 0 Å². The molecule has 0 saturated heterocycles. The van der Waals surface area contributed by atoms with Gasteiger partial charge in [0.1, 0.15) is 11.4 Å². The summed E-state index contributed by atoms with van der Waals surface area (Å²) < 4.78 is 8.02. The summed E-state index contributed by atoms with van der Waals surface area (Å²) in [6.45, 7) is 1.98. The average molecular weight is 376 g/mol. The molecule has 0 N–H and O–H groups in total. The van der Waals surface area contributed by atoms with Gasteiger partial charge in [0.25, 0.3) is 0 Å². The van der Waals surface area contributed by atoms with E-state index in [4.69, 9.17) is 9.40 Å². The molecule has 2 aromatic carbocycles. The first-order chi connectivity index (χ1) is 14.3. The first-order valence-corrected chi connectivity index (χ1v) is 9.46. The highest BCUT2D eigenvalue weighted by Crippen LogP contribution is 2.33. The molecule has 5 heteroatoms. The summed E-state index contributed by atoms with van der Waals surface area (Å²) in [6, 6.07) is 22.3. The molecule has 4 heterocycles. The fourth-order valence-corrected chi connectivity index (χ4v) is 3.84. The number of benzene rings is 2. The number of pyridine rings is 2. The van der Waals surface area contributed by atoms with E-state index in [-0.39, 0.29) is 0 Å². The number of aromatic nitrogens is 4. The van der Waals surface area contributed by atoms with E-state index in [1.165, 1.54) is 0 Å². The predicted octanol–water partition coefficient (Wildman–Crippen LogP) is 5.69. The Morgan fingerprint density at radius 3 is 2.55 bits per heavy atom. The van der Waals surface area contributed by atoms with Crippen molar-refractivity contribution in [2.24, 2.45) is 0 Å². The number of nitrogens with zero attached hydrogens (tertiary/aromatic N) is 4. The van der Waals surface area contributed by atoms with Gasteiger partial charge < -0.3 is 4.42 Å². The summed E-state index contributed by atoms with van der Waals surface area (Å²) in [5.41, 5.74) is 6.26. The zero-order valence-electron chi connectivity index (χ0n) is 15.7. The van der Waals surface area contributed by atoms with Gasteiger partial charge in [0.2, 0.25) is 5.71 Å². The van der Waals surface area contributed by atoms with Crippen LogP contribution in [0.25, 0.3) is 50.2 Å². The SMILES string of the molecule is Cc1cc2nc(-c3cnc4oc5ccccc5c4c3)n(-c3ccccc3)c2cn1. The second-order valence-electron chi connectivity index (χ2n) is 7.10. The van der Waals surface area contributed by atoms with E-state index < -0.39 is 0 Å². The quantitative estimate of drug-likeness (QED) is 0.389. The van der Waals surface area contributed by atoms with E-state index in [2.05, 4.69) is 38.8 Å². The average Bonchev–Trinajstić information content (AvgIpc) is 3.31. The van der Waals surface area contributed by atoms with E-state index in [0.717, 1.165) is 50.2 Å². The molecular formula is C24H16N4O. The summed E-state index contributed by atoms with van der Waals surface area (Å²) in [6.07, 6.45) is 3.71. The highest BCUT2D eigenvalue weighted by molar-refractivity contribution is 6.04. The van der Waals surface area contributed by atoms with Crippen molar-refractivity contribution in [1.82, 2.24) is 19.5 Å². The van der Waals surface area contributed by atoms with E-state index in [9.17, 15) is 0 Å². The van der Waals surface area contributed by atoms with Gasteiger partial charge in [-0.15, -0.1) is 0 Å². The number of imidazole rings is 1. The summed E-state index contributed by atoms with van der Waals surface area (Å²) in [4.78, 5) is 14.0. The Hall–Kier alpha value is -3.99. The lowest BCUT2D eigenvalue weighted by atomic mass is 10.1. The summed E-state index contributed by atoms with van der Waals surface area (Å²) in [5.74, 6) is 0.832. The third kappa shape index (κ3) is 2.44. The van der Waals surface area contributed by atoms with Crippen molar-refractivity contribution >= 4 is 33.1 Å². The maximum atomic E-state index is 5.88. The zero-order valence-corrected chi connectivity index (χ0v) is 15.7. The lowest BCUT2D eigenvalue weighted by Gasteiger charge is -2.09. The van der Waals surface area contributed by atoms with Crippen LogP contribution >= 0.6 is 0 Å². The zero-order chi connectivity index (χ0) is 19.4. The first kappa shape index (κ1) is 16.0. The molecule has 0 amide bonds. The monoisotopic (exact) mass is 376 g/mol. The molecule has 0 radical (unpaired) electrons. The van der Waals surface area contributed by atoms with Gasteiger partial charge in [0.15, 0.2) is 0 Å². The third-order valence-electron chi connectivity index (χ3n) is 5.19. The maximum Gasteiger partial charge on any atom is 0.227 e. The second-order valence-corrected chi connectivity index (χ2v) is 7.10. The molecule has 0 atom stereocenters. The Balaban J connectivity index is 1.68. The lowest BCUT2D eigenvalue weighted by Crippen LogP contribution is -1.98. The molecule has 0 aliphatic carbocycles. The van der Waals surface area contributed by atoms with Gasteiger partial charge in [0.05, 0.1) is 17.2 Å².